The van der Waals surface area contributed by atoms with Crippen LogP contribution in [0.2, 0.25) is 0 Å². The number of benzene rings is 2. The number of amides is 3. The van der Waals surface area contributed by atoms with E-state index in [4.69, 9.17) is 9.47 Å². The van der Waals surface area contributed by atoms with Crippen LogP contribution in [0.5, 0.6) is 11.5 Å². The van der Waals surface area contributed by atoms with Crippen molar-refractivity contribution in [1.82, 2.24) is 9.80 Å². The van der Waals surface area contributed by atoms with Gasteiger partial charge in [-0.15, -0.1) is 0 Å². The summed E-state index contributed by atoms with van der Waals surface area (Å²) in [4.78, 5) is 41.7. The van der Waals surface area contributed by atoms with Gasteiger partial charge in [0.25, 0.3) is 11.8 Å². The molecule has 0 spiro atoms. The molecule has 2 aromatic rings. The summed E-state index contributed by atoms with van der Waals surface area (Å²) in [6, 6.07) is 9.39. The van der Waals surface area contributed by atoms with Gasteiger partial charge < -0.3 is 14.4 Å². The first-order valence-corrected chi connectivity index (χ1v) is 9.91. The standard InChI is InChI=1S/C23H24N2O5/c1-13-18-12-20(30-4)19(29-3)11-15(18)9-10-24(13)21(26)14(2)25-22(27)16-7-5-6-8-17(16)23(25)28/h5-8,11-14H,9-10H2,1-4H3/t13?,14-/m1/s1. The van der Waals surface area contributed by atoms with Gasteiger partial charge in [-0.05, 0) is 55.7 Å². The molecule has 1 unspecified atom stereocenters. The van der Waals surface area contributed by atoms with Crippen molar-refractivity contribution in [3.8, 4) is 11.5 Å². The smallest absolute Gasteiger partial charge is 0.262 e. The molecule has 0 aliphatic carbocycles. The Balaban J connectivity index is 1.61. The molecular formula is C23H24N2O5. The first-order valence-electron chi connectivity index (χ1n) is 9.91. The second-order valence-corrected chi connectivity index (χ2v) is 7.57. The molecule has 4 rings (SSSR count). The largest absolute Gasteiger partial charge is 0.493 e. The van der Waals surface area contributed by atoms with Gasteiger partial charge in [-0.1, -0.05) is 12.1 Å². The van der Waals surface area contributed by atoms with Crippen LogP contribution in [0.3, 0.4) is 0 Å². The number of ether oxygens (including phenoxy) is 2. The normalized spacial score (nSPS) is 18.7. The van der Waals surface area contributed by atoms with E-state index in [2.05, 4.69) is 0 Å². The van der Waals surface area contributed by atoms with Gasteiger partial charge in [-0.2, -0.15) is 0 Å². The van der Waals surface area contributed by atoms with Gasteiger partial charge in [0.2, 0.25) is 5.91 Å². The van der Waals surface area contributed by atoms with E-state index in [1.54, 1.807) is 50.3 Å². The van der Waals surface area contributed by atoms with Crippen molar-refractivity contribution >= 4 is 17.7 Å². The number of hydrogen-bond donors (Lipinski definition) is 0. The van der Waals surface area contributed by atoms with Gasteiger partial charge in [-0.25, -0.2) is 0 Å². The maximum atomic E-state index is 13.3. The molecule has 2 aliphatic rings. The van der Waals surface area contributed by atoms with E-state index >= 15 is 0 Å². The molecule has 0 fully saturated rings. The van der Waals surface area contributed by atoms with Crippen LogP contribution >= 0.6 is 0 Å². The third-order valence-corrected chi connectivity index (χ3v) is 6.04. The van der Waals surface area contributed by atoms with E-state index in [-0.39, 0.29) is 11.9 Å². The van der Waals surface area contributed by atoms with Gasteiger partial charge in [0.15, 0.2) is 11.5 Å². The second-order valence-electron chi connectivity index (χ2n) is 7.57. The zero-order valence-corrected chi connectivity index (χ0v) is 17.5. The van der Waals surface area contributed by atoms with E-state index in [0.717, 1.165) is 16.0 Å². The zero-order valence-electron chi connectivity index (χ0n) is 17.5. The number of methoxy groups -OCH3 is 2. The minimum Gasteiger partial charge on any atom is -0.493 e. The van der Waals surface area contributed by atoms with E-state index in [9.17, 15) is 14.4 Å². The maximum absolute atomic E-state index is 13.3. The summed E-state index contributed by atoms with van der Waals surface area (Å²) in [5.41, 5.74) is 2.76. The Morgan fingerprint density at radius 1 is 1.03 bits per heavy atom. The topological polar surface area (TPSA) is 76.2 Å². The third-order valence-electron chi connectivity index (χ3n) is 6.04. The average Bonchev–Trinajstić information content (AvgIpc) is 3.02. The average molecular weight is 408 g/mol. The van der Waals surface area contributed by atoms with Crippen LogP contribution in [0.25, 0.3) is 0 Å². The highest BCUT2D eigenvalue weighted by molar-refractivity contribution is 6.22. The molecule has 7 nitrogen and oxygen atoms in total. The molecule has 7 heteroatoms. The van der Waals surface area contributed by atoms with Gasteiger partial charge in [0.05, 0.1) is 31.4 Å². The number of nitrogens with zero attached hydrogens (tertiary/aromatic N) is 2. The summed E-state index contributed by atoms with van der Waals surface area (Å²) in [6.45, 7) is 4.05. The van der Waals surface area contributed by atoms with Crippen LogP contribution in [0.4, 0.5) is 0 Å². The molecule has 0 radical (unpaired) electrons. The molecule has 156 valence electrons. The first-order chi connectivity index (χ1) is 14.4. The zero-order chi connectivity index (χ0) is 21.6. The Morgan fingerprint density at radius 3 is 2.17 bits per heavy atom. The molecular weight excluding hydrogens is 384 g/mol. The van der Waals surface area contributed by atoms with E-state index in [1.165, 1.54) is 0 Å². The van der Waals surface area contributed by atoms with Gasteiger partial charge in [0.1, 0.15) is 6.04 Å². The molecule has 0 N–H and O–H groups in total. The molecule has 2 aliphatic heterocycles. The fourth-order valence-corrected chi connectivity index (χ4v) is 4.36. The van der Waals surface area contributed by atoms with Crippen molar-refractivity contribution in [2.75, 3.05) is 20.8 Å². The van der Waals surface area contributed by atoms with E-state index in [0.29, 0.717) is 35.6 Å². The Bertz CT molecular complexity index is 1010. The first kappa shape index (κ1) is 19.9. The molecule has 0 saturated heterocycles. The van der Waals surface area contributed by atoms with Crippen molar-refractivity contribution in [1.29, 1.82) is 0 Å². The molecule has 0 saturated carbocycles. The molecule has 0 aromatic heterocycles. The predicted octanol–water partition coefficient (Wildman–Crippen LogP) is 2.83. The van der Waals surface area contributed by atoms with E-state index in [1.807, 2.05) is 19.1 Å². The number of carbonyl (C=O) groups is 3. The lowest BCUT2D eigenvalue weighted by molar-refractivity contribution is -0.137. The summed E-state index contributed by atoms with van der Waals surface area (Å²) in [6.07, 6.45) is 0.653. The molecule has 0 bridgehead atoms. The minimum atomic E-state index is -0.887. The Hall–Kier alpha value is -3.35. The fraction of sp³-hybridized carbons (Fsp3) is 0.348. The van der Waals surface area contributed by atoms with Crippen molar-refractivity contribution in [2.24, 2.45) is 0 Å². The second kappa shape index (κ2) is 7.48. The van der Waals surface area contributed by atoms with Crippen molar-refractivity contribution in [2.45, 2.75) is 32.4 Å². The van der Waals surface area contributed by atoms with Gasteiger partial charge >= 0.3 is 0 Å². The van der Waals surface area contributed by atoms with Crippen molar-refractivity contribution in [3.05, 3.63) is 58.7 Å². The lowest BCUT2D eigenvalue weighted by Gasteiger charge is -2.38. The van der Waals surface area contributed by atoms with Crippen LogP contribution in [-0.4, -0.2) is 54.3 Å². The number of imide groups is 1. The molecule has 2 aromatic carbocycles. The molecule has 2 atom stereocenters. The Morgan fingerprint density at radius 2 is 1.60 bits per heavy atom. The van der Waals surface area contributed by atoms with Crippen LogP contribution in [-0.2, 0) is 11.2 Å². The maximum Gasteiger partial charge on any atom is 0.262 e. The number of hydrogen-bond acceptors (Lipinski definition) is 5. The van der Waals surface area contributed by atoms with Crippen LogP contribution < -0.4 is 9.47 Å². The molecule has 3 amide bonds. The third kappa shape index (κ3) is 2.93. The van der Waals surface area contributed by atoms with Gasteiger partial charge in [0, 0.05) is 6.54 Å². The summed E-state index contributed by atoms with van der Waals surface area (Å²) in [5.74, 6) is 0.159. The van der Waals surface area contributed by atoms with Crippen LogP contribution in [0.15, 0.2) is 36.4 Å². The SMILES string of the molecule is COc1cc2c(cc1OC)C(C)N(C(=O)[C@@H](C)N1C(=O)c3ccccc3C1=O)CC2. The minimum absolute atomic E-state index is 0.223. The summed E-state index contributed by atoms with van der Waals surface area (Å²) in [7, 11) is 3.17. The highest BCUT2D eigenvalue weighted by Crippen LogP contribution is 2.38. The predicted molar refractivity (Wildman–Crippen MR) is 110 cm³/mol. The highest BCUT2D eigenvalue weighted by Gasteiger charge is 2.43. The number of carbonyl (C=O) groups excluding carboxylic acids is 3. The lowest BCUT2D eigenvalue weighted by Crippen LogP contribution is -2.51. The van der Waals surface area contributed by atoms with Crippen molar-refractivity contribution < 1.29 is 23.9 Å². The number of rotatable bonds is 4. The molecule has 30 heavy (non-hydrogen) atoms. The van der Waals surface area contributed by atoms with Crippen molar-refractivity contribution in [3.63, 3.8) is 0 Å². The summed E-state index contributed by atoms with van der Waals surface area (Å²) < 4.78 is 10.8. The summed E-state index contributed by atoms with van der Waals surface area (Å²) in [5, 5.41) is 0. The number of fused-ring (bicyclic) bond motifs is 2. The van der Waals surface area contributed by atoms with Crippen LogP contribution in [0, 0.1) is 0 Å². The van der Waals surface area contributed by atoms with Crippen LogP contribution in [0.1, 0.15) is 51.7 Å². The Labute approximate surface area is 175 Å². The monoisotopic (exact) mass is 408 g/mol. The highest BCUT2D eigenvalue weighted by atomic mass is 16.5. The van der Waals surface area contributed by atoms with E-state index < -0.39 is 17.9 Å². The Kier molecular flexibility index (Phi) is 4.97. The molecule has 2 heterocycles. The quantitative estimate of drug-likeness (QED) is 0.727. The lowest BCUT2D eigenvalue weighted by atomic mass is 9.92. The fourth-order valence-electron chi connectivity index (χ4n) is 4.36. The van der Waals surface area contributed by atoms with Gasteiger partial charge in [-0.3, -0.25) is 19.3 Å². The summed E-state index contributed by atoms with van der Waals surface area (Å²) >= 11 is 0.